The summed E-state index contributed by atoms with van der Waals surface area (Å²) in [5, 5.41) is 0. The Hall–Kier alpha value is -0.880. The number of fused-ring (bicyclic) bond motifs is 1. The van der Waals surface area contributed by atoms with Crippen LogP contribution >= 0.6 is 0 Å². The zero-order chi connectivity index (χ0) is 15.6. The Bertz CT molecular complexity index is 460. The fourth-order valence-electron chi connectivity index (χ4n) is 3.05. The molecule has 1 aromatic rings. The van der Waals surface area contributed by atoms with Gasteiger partial charge in [-0.15, -0.1) is 0 Å². The van der Waals surface area contributed by atoms with Crippen molar-refractivity contribution < 1.29 is 23.4 Å². The summed E-state index contributed by atoms with van der Waals surface area (Å²) in [6, 6.07) is 1.91. The average Bonchev–Trinajstić information content (AvgIpc) is 3.19. The van der Waals surface area contributed by atoms with E-state index in [4.69, 9.17) is 23.4 Å². The highest BCUT2D eigenvalue weighted by Gasteiger charge is 2.55. The van der Waals surface area contributed by atoms with Crippen LogP contribution < -0.4 is 0 Å². The van der Waals surface area contributed by atoms with Crippen LogP contribution in [0.5, 0.6) is 0 Å². The average molecular weight is 310 g/mol. The lowest BCUT2D eigenvalue weighted by molar-refractivity contribution is -0.229. The van der Waals surface area contributed by atoms with Crippen LogP contribution in [-0.2, 0) is 25.6 Å². The molecule has 0 saturated carbocycles. The van der Waals surface area contributed by atoms with Crippen molar-refractivity contribution in [1.29, 1.82) is 0 Å². The van der Waals surface area contributed by atoms with E-state index < -0.39 is 5.79 Å². The summed E-state index contributed by atoms with van der Waals surface area (Å²) in [7, 11) is 0. The second kappa shape index (κ2) is 6.71. The molecule has 2 fully saturated rings. The maximum absolute atomic E-state index is 6.12. The Labute approximate surface area is 131 Å². The SMILES string of the molecule is CCCC[C@H]1O[C@@H]2OC(C)(CC)O[C@@H]2[C@H]1OCc1ccoc1. The summed E-state index contributed by atoms with van der Waals surface area (Å²) in [6.45, 7) is 6.70. The Morgan fingerprint density at radius 3 is 2.82 bits per heavy atom. The molecule has 5 heteroatoms. The zero-order valence-electron chi connectivity index (χ0n) is 13.6. The monoisotopic (exact) mass is 310 g/mol. The highest BCUT2D eigenvalue weighted by Crippen LogP contribution is 2.41. The number of rotatable bonds is 7. The zero-order valence-corrected chi connectivity index (χ0v) is 13.6. The van der Waals surface area contributed by atoms with Crippen LogP contribution in [0.15, 0.2) is 23.0 Å². The van der Waals surface area contributed by atoms with Gasteiger partial charge in [0.25, 0.3) is 0 Å². The van der Waals surface area contributed by atoms with E-state index in [2.05, 4.69) is 13.8 Å². The molecule has 3 rings (SSSR count). The van der Waals surface area contributed by atoms with E-state index in [0.717, 1.165) is 31.2 Å². The van der Waals surface area contributed by atoms with E-state index in [0.29, 0.717) is 6.61 Å². The van der Waals surface area contributed by atoms with Crippen LogP contribution in [0.3, 0.4) is 0 Å². The smallest absolute Gasteiger partial charge is 0.190 e. The quantitative estimate of drug-likeness (QED) is 0.770. The summed E-state index contributed by atoms with van der Waals surface area (Å²) in [5.74, 6) is -0.567. The third kappa shape index (κ3) is 3.23. The Morgan fingerprint density at radius 2 is 2.14 bits per heavy atom. The summed E-state index contributed by atoms with van der Waals surface area (Å²) < 4.78 is 29.4. The van der Waals surface area contributed by atoms with Crippen molar-refractivity contribution >= 4 is 0 Å². The molecule has 1 aromatic heterocycles. The van der Waals surface area contributed by atoms with Crippen LogP contribution in [0.1, 0.15) is 52.0 Å². The van der Waals surface area contributed by atoms with Crippen molar-refractivity contribution in [2.75, 3.05) is 0 Å². The van der Waals surface area contributed by atoms with Gasteiger partial charge in [0.2, 0.25) is 0 Å². The third-order valence-electron chi connectivity index (χ3n) is 4.53. The minimum absolute atomic E-state index is 0.0308. The van der Waals surface area contributed by atoms with E-state index in [1.807, 2.05) is 13.0 Å². The van der Waals surface area contributed by atoms with Gasteiger partial charge < -0.3 is 23.4 Å². The first-order valence-electron chi connectivity index (χ1n) is 8.29. The van der Waals surface area contributed by atoms with Gasteiger partial charge in [0.05, 0.1) is 25.2 Å². The normalized spacial score (nSPS) is 37.6. The molecule has 0 amide bonds. The molecule has 0 aliphatic carbocycles. The van der Waals surface area contributed by atoms with Gasteiger partial charge in [-0.1, -0.05) is 26.7 Å². The highest BCUT2D eigenvalue weighted by atomic mass is 16.8. The van der Waals surface area contributed by atoms with Gasteiger partial charge in [-0.2, -0.15) is 0 Å². The fourth-order valence-corrected chi connectivity index (χ4v) is 3.05. The summed E-state index contributed by atoms with van der Waals surface area (Å²) in [6.07, 6.45) is 6.83. The lowest BCUT2D eigenvalue weighted by Crippen LogP contribution is -2.37. The Kier molecular flexibility index (Phi) is 4.88. The topological polar surface area (TPSA) is 50.1 Å². The van der Waals surface area contributed by atoms with Crippen molar-refractivity contribution in [2.45, 2.75) is 83.5 Å². The van der Waals surface area contributed by atoms with E-state index in [1.165, 1.54) is 0 Å². The van der Waals surface area contributed by atoms with Gasteiger partial charge in [0.1, 0.15) is 12.2 Å². The molecule has 2 aliphatic heterocycles. The molecule has 0 spiro atoms. The molecule has 1 unspecified atom stereocenters. The van der Waals surface area contributed by atoms with Gasteiger partial charge in [-0.05, 0) is 25.8 Å². The molecule has 5 atom stereocenters. The number of ether oxygens (including phenoxy) is 4. The maximum Gasteiger partial charge on any atom is 0.190 e. The number of hydrogen-bond donors (Lipinski definition) is 0. The second-order valence-electron chi connectivity index (χ2n) is 6.28. The first-order valence-corrected chi connectivity index (χ1v) is 8.29. The molecule has 2 aliphatic rings. The third-order valence-corrected chi connectivity index (χ3v) is 4.53. The van der Waals surface area contributed by atoms with E-state index in [9.17, 15) is 0 Å². The Morgan fingerprint density at radius 1 is 1.27 bits per heavy atom. The van der Waals surface area contributed by atoms with Gasteiger partial charge in [0, 0.05) is 5.56 Å². The van der Waals surface area contributed by atoms with Crippen LogP contribution in [0.2, 0.25) is 0 Å². The number of furan rings is 1. The van der Waals surface area contributed by atoms with Crippen LogP contribution in [0.4, 0.5) is 0 Å². The summed E-state index contributed by atoms with van der Waals surface area (Å²) >= 11 is 0. The van der Waals surface area contributed by atoms with Crippen molar-refractivity contribution in [3.05, 3.63) is 24.2 Å². The van der Waals surface area contributed by atoms with Crippen LogP contribution in [0.25, 0.3) is 0 Å². The molecular weight excluding hydrogens is 284 g/mol. The van der Waals surface area contributed by atoms with E-state index >= 15 is 0 Å². The van der Waals surface area contributed by atoms with Crippen molar-refractivity contribution in [2.24, 2.45) is 0 Å². The van der Waals surface area contributed by atoms with E-state index in [-0.39, 0.29) is 24.6 Å². The minimum Gasteiger partial charge on any atom is -0.472 e. The van der Waals surface area contributed by atoms with Gasteiger partial charge in [-0.25, -0.2) is 0 Å². The first kappa shape index (κ1) is 16.0. The van der Waals surface area contributed by atoms with Gasteiger partial charge in [0.15, 0.2) is 12.1 Å². The summed E-state index contributed by atoms with van der Waals surface area (Å²) in [4.78, 5) is 0. The molecule has 3 heterocycles. The predicted molar refractivity (Wildman–Crippen MR) is 80.1 cm³/mol. The highest BCUT2D eigenvalue weighted by molar-refractivity contribution is 5.04. The maximum atomic E-state index is 6.12. The molecule has 22 heavy (non-hydrogen) atoms. The molecule has 0 radical (unpaired) electrons. The molecular formula is C17H26O5. The molecule has 0 bridgehead atoms. The largest absolute Gasteiger partial charge is 0.472 e. The first-order chi connectivity index (χ1) is 10.6. The second-order valence-corrected chi connectivity index (χ2v) is 6.28. The summed E-state index contributed by atoms with van der Waals surface area (Å²) in [5.41, 5.74) is 1.02. The molecule has 2 saturated heterocycles. The van der Waals surface area contributed by atoms with Gasteiger partial charge in [-0.3, -0.25) is 0 Å². The van der Waals surface area contributed by atoms with Crippen molar-refractivity contribution in [1.82, 2.24) is 0 Å². The number of unbranched alkanes of at least 4 members (excludes halogenated alkanes) is 1. The standard InChI is InChI=1S/C17H26O5/c1-4-6-7-13-14(19-11-12-8-9-18-10-12)15-16(20-13)22-17(3,5-2)21-15/h8-10,13-16H,4-7,11H2,1-3H3/t13-,14+,15-,16-,17?/m1/s1. The van der Waals surface area contributed by atoms with Crippen LogP contribution in [-0.4, -0.2) is 30.4 Å². The number of hydrogen-bond acceptors (Lipinski definition) is 5. The minimum atomic E-state index is -0.567. The van der Waals surface area contributed by atoms with Crippen molar-refractivity contribution in [3.63, 3.8) is 0 Å². The molecule has 0 N–H and O–H groups in total. The predicted octanol–water partition coefficient (Wildman–Crippen LogP) is 3.62. The van der Waals surface area contributed by atoms with Gasteiger partial charge >= 0.3 is 0 Å². The lowest BCUT2D eigenvalue weighted by Gasteiger charge is -2.27. The molecule has 124 valence electrons. The van der Waals surface area contributed by atoms with Crippen molar-refractivity contribution in [3.8, 4) is 0 Å². The lowest BCUT2D eigenvalue weighted by atomic mass is 10.0. The molecule has 5 nitrogen and oxygen atoms in total. The fraction of sp³-hybridized carbons (Fsp3) is 0.765. The van der Waals surface area contributed by atoms with E-state index in [1.54, 1.807) is 12.5 Å². The van der Waals surface area contributed by atoms with Crippen LogP contribution in [0, 0.1) is 0 Å². The Balaban J connectivity index is 1.66. The molecule has 0 aromatic carbocycles.